The zero-order chi connectivity index (χ0) is 12.3. The molecule has 2 aromatic rings. The number of anilines is 3. The summed E-state index contributed by atoms with van der Waals surface area (Å²) >= 11 is 0. The maximum Gasteiger partial charge on any atom is 0.275 e. The largest absolute Gasteiger partial charge is 0.495 e. The van der Waals surface area contributed by atoms with Crippen LogP contribution in [0.3, 0.4) is 0 Å². The van der Waals surface area contributed by atoms with Gasteiger partial charge >= 0.3 is 0 Å². The summed E-state index contributed by atoms with van der Waals surface area (Å²) in [5.74, 6) is 1.47. The summed E-state index contributed by atoms with van der Waals surface area (Å²) in [6.07, 6.45) is 2.84. The quantitative estimate of drug-likeness (QED) is 0.712. The Hall–Kier alpha value is -2.57. The predicted molar refractivity (Wildman–Crippen MR) is 63.3 cm³/mol. The number of pyridine rings is 1. The lowest BCUT2D eigenvalue weighted by molar-refractivity contribution is 0.413. The minimum absolute atomic E-state index is 0.0678. The van der Waals surface area contributed by atoms with Crippen LogP contribution in [0.5, 0.6) is 5.75 Å². The summed E-state index contributed by atoms with van der Waals surface area (Å²) in [4.78, 5) is 21.7. The Morgan fingerprint density at radius 1 is 1.35 bits per heavy atom. The minimum Gasteiger partial charge on any atom is -0.495 e. The molecule has 0 radical (unpaired) electrons. The Morgan fingerprint density at radius 3 is 2.76 bits per heavy atom. The van der Waals surface area contributed by atoms with Crippen LogP contribution in [0.2, 0.25) is 0 Å². The Bertz CT molecular complexity index is 564. The molecule has 7 heteroatoms. The fraction of sp³-hybridized carbons (Fsp3) is 0.100. The Morgan fingerprint density at radius 2 is 2.18 bits per heavy atom. The number of ether oxygens (including phenoxy) is 1. The van der Waals surface area contributed by atoms with Crippen molar-refractivity contribution in [3.8, 4) is 5.75 Å². The monoisotopic (exact) mass is 233 g/mol. The summed E-state index contributed by atoms with van der Waals surface area (Å²) in [5, 5.41) is 2.83. The van der Waals surface area contributed by atoms with Crippen LogP contribution < -0.4 is 21.3 Å². The minimum atomic E-state index is -0.393. The molecule has 0 aromatic carbocycles. The van der Waals surface area contributed by atoms with Crippen LogP contribution in [0.25, 0.3) is 0 Å². The van der Waals surface area contributed by atoms with Crippen LogP contribution in [-0.2, 0) is 0 Å². The number of nitrogens with zero attached hydrogens (tertiary/aromatic N) is 2. The fourth-order valence-corrected chi connectivity index (χ4v) is 1.16. The lowest BCUT2D eigenvalue weighted by Gasteiger charge is -2.05. The lowest BCUT2D eigenvalue weighted by atomic mass is 10.4. The van der Waals surface area contributed by atoms with Gasteiger partial charge in [0.1, 0.15) is 17.3 Å². The van der Waals surface area contributed by atoms with E-state index in [-0.39, 0.29) is 11.6 Å². The van der Waals surface area contributed by atoms with E-state index in [0.717, 1.165) is 0 Å². The Labute approximate surface area is 96.7 Å². The number of rotatable bonds is 3. The molecule has 0 fully saturated rings. The smallest absolute Gasteiger partial charge is 0.275 e. The summed E-state index contributed by atoms with van der Waals surface area (Å²) in [7, 11) is 1.56. The molecule has 2 heterocycles. The highest BCUT2D eigenvalue weighted by Gasteiger charge is 2.00. The van der Waals surface area contributed by atoms with E-state index < -0.39 is 5.56 Å². The number of methoxy groups -OCH3 is 1. The van der Waals surface area contributed by atoms with Crippen LogP contribution in [0.4, 0.5) is 17.5 Å². The molecular weight excluding hydrogens is 222 g/mol. The molecule has 0 saturated carbocycles. The first-order valence-corrected chi connectivity index (χ1v) is 4.81. The van der Waals surface area contributed by atoms with E-state index in [0.29, 0.717) is 11.6 Å². The molecule has 0 spiro atoms. The first-order valence-electron chi connectivity index (χ1n) is 4.81. The van der Waals surface area contributed by atoms with Crippen molar-refractivity contribution in [1.29, 1.82) is 0 Å². The number of hydrogen-bond donors (Lipinski definition) is 3. The second kappa shape index (κ2) is 4.52. The van der Waals surface area contributed by atoms with Gasteiger partial charge < -0.3 is 15.8 Å². The number of aromatic nitrogens is 3. The second-order valence-electron chi connectivity index (χ2n) is 3.22. The third-order valence-corrected chi connectivity index (χ3v) is 2.05. The van der Waals surface area contributed by atoms with Crippen LogP contribution in [0.15, 0.2) is 29.3 Å². The Kier molecular flexibility index (Phi) is 2.91. The second-order valence-corrected chi connectivity index (χ2v) is 3.22. The van der Waals surface area contributed by atoms with Crippen molar-refractivity contribution in [3.63, 3.8) is 0 Å². The molecule has 0 aliphatic heterocycles. The third kappa shape index (κ3) is 2.51. The molecule has 17 heavy (non-hydrogen) atoms. The van der Waals surface area contributed by atoms with Gasteiger partial charge in [0.05, 0.1) is 19.5 Å². The predicted octanol–water partition coefficient (Wildman–Crippen LogP) is 0.499. The molecule has 88 valence electrons. The summed E-state index contributed by atoms with van der Waals surface area (Å²) in [5.41, 5.74) is 5.03. The molecule has 2 rings (SSSR count). The van der Waals surface area contributed by atoms with Crippen molar-refractivity contribution >= 4 is 17.5 Å². The van der Waals surface area contributed by atoms with Gasteiger partial charge in [-0.3, -0.25) is 9.78 Å². The van der Waals surface area contributed by atoms with Crippen molar-refractivity contribution in [1.82, 2.24) is 15.0 Å². The van der Waals surface area contributed by atoms with Crippen molar-refractivity contribution in [2.75, 3.05) is 18.2 Å². The van der Waals surface area contributed by atoms with Crippen LogP contribution in [0.1, 0.15) is 0 Å². The van der Waals surface area contributed by atoms with Gasteiger partial charge in [0.15, 0.2) is 0 Å². The van der Waals surface area contributed by atoms with Gasteiger partial charge in [-0.2, -0.15) is 0 Å². The molecular formula is C10H11N5O2. The summed E-state index contributed by atoms with van der Waals surface area (Å²) in [6, 6.07) is 3.44. The fourth-order valence-electron chi connectivity index (χ4n) is 1.16. The number of aromatic amines is 1. The molecule has 7 nitrogen and oxygen atoms in total. The van der Waals surface area contributed by atoms with E-state index in [4.69, 9.17) is 10.5 Å². The molecule has 0 amide bonds. The molecule has 0 aliphatic rings. The molecule has 0 atom stereocenters. The maximum absolute atomic E-state index is 11.2. The van der Waals surface area contributed by atoms with E-state index in [1.165, 1.54) is 6.20 Å². The zero-order valence-electron chi connectivity index (χ0n) is 9.10. The number of hydrogen-bond acceptors (Lipinski definition) is 6. The maximum atomic E-state index is 11.2. The average Bonchev–Trinajstić information content (AvgIpc) is 2.35. The molecule has 0 unspecified atom stereocenters. The van der Waals surface area contributed by atoms with Gasteiger partial charge in [0.2, 0.25) is 5.95 Å². The van der Waals surface area contributed by atoms with E-state index in [1.807, 2.05) is 0 Å². The molecule has 0 bridgehead atoms. The van der Waals surface area contributed by atoms with Crippen molar-refractivity contribution in [2.24, 2.45) is 0 Å². The first kappa shape index (κ1) is 10.9. The number of nitrogens with two attached hydrogens (primary N) is 1. The van der Waals surface area contributed by atoms with E-state index >= 15 is 0 Å². The van der Waals surface area contributed by atoms with Crippen LogP contribution in [0, 0.1) is 0 Å². The first-order chi connectivity index (χ1) is 8.19. The molecule has 2 aromatic heterocycles. The van der Waals surface area contributed by atoms with Gasteiger partial charge in [-0.25, -0.2) is 9.97 Å². The van der Waals surface area contributed by atoms with Gasteiger partial charge in [0.25, 0.3) is 5.56 Å². The highest BCUT2D eigenvalue weighted by molar-refractivity contribution is 5.49. The zero-order valence-corrected chi connectivity index (χ0v) is 9.10. The summed E-state index contributed by atoms with van der Waals surface area (Å²) < 4.78 is 4.97. The van der Waals surface area contributed by atoms with Crippen molar-refractivity contribution in [2.45, 2.75) is 0 Å². The third-order valence-electron chi connectivity index (χ3n) is 2.05. The van der Waals surface area contributed by atoms with E-state index in [1.54, 1.807) is 25.4 Å². The molecule has 4 N–H and O–H groups in total. The number of nitrogen functional groups attached to an aromatic ring is 1. The standard InChI is InChI=1S/C10H11N5O2/c1-17-6-2-3-8(12-4-6)14-10-13-5-7(11)9(16)15-10/h2-5H,11H2,1H3,(H2,12,13,14,15,16). The van der Waals surface area contributed by atoms with E-state index in [9.17, 15) is 4.79 Å². The van der Waals surface area contributed by atoms with Gasteiger partial charge in [-0.15, -0.1) is 0 Å². The summed E-state index contributed by atoms with van der Waals surface area (Å²) in [6.45, 7) is 0. The topological polar surface area (TPSA) is 106 Å². The number of H-pyrrole nitrogens is 1. The van der Waals surface area contributed by atoms with E-state index in [2.05, 4.69) is 20.3 Å². The molecule has 0 saturated heterocycles. The lowest BCUT2D eigenvalue weighted by Crippen LogP contribution is -2.14. The molecule has 0 aliphatic carbocycles. The SMILES string of the molecule is COc1ccc(Nc2ncc(N)c(=O)[nH]2)nc1. The van der Waals surface area contributed by atoms with Crippen LogP contribution in [-0.4, -0.2) is 22.1 Å². The normalized spacial score (nSPS) is 9.94. The van der Waals surface area contributed by atoms with Crippen LogP contribution >= 0.6 is 0 Å². The highest BCUT2D eigenvalue weighted by atomic mass is 16.5. The van der Waals surface area contributed by atoms with Gasteiger partial charge in [-0.1, -0.05) is 0 Å². The average molecular weight is 233 g/mol. The number of nitrogens with one attached hydrogen (secondary N) is 2. The van der Waals surface area contributed by atoms with Gasteiger partial charge in [-0.05, 0) is 12.1 Å². The Balaban J connectivity index is 2.19. The van der Waals surface area contributed by atoms with Gasteiger partial charge in [0, 0.05) is 0 Å². The highest BCUT2D eigenvalue weighted by Crippen LogP contribution is 2.13. The van der Waals surface area contributed by atoms with Crippen molar-refractivity contribution < 1.29 is 4.74 Å². The van der Waals surface area contributed by atoms with Crippen molar-refractivity contribution in [3.05, 3.63) is 34.9 Å².